The number of rotatable bonds is 13. The van der Waals surface area contributed by atoms with Crippen LogP contribution in [0.2, 0.25) is 0 Å². The number of para-hydroxylation sites is 1. The van der Waals surface area contributed by atoms with E-state index in [9.17, 15) is 33.0 Å². The molecule has 52 heavy (non-hydrogen) atoms. The van der Waals surface area contributed by atoms with Crippen LogP contribution in [0.3, 0.4) is 0 Å². The number of ether oxygens (including phenoxy) is 1. The highest BCUT2D eigenvalue weighted by Gasteiger charge is 2.38. The minimum atomic E-state index is -4.61. The maximum Gasteiger partial charge on any atom is 0.405 e. The molecule has 6 rings (SSSR count). The van der Waals surface area contributed by atoms with Gasteiger partial charge < -0.3 is 30.0 Å². The number of hydrogen-bond acceptors (Lipinski definition) is 10. The average Bonchev–Trinajstić information content (AvgIpc) is 3.61. The van der Waals surface area contributed by atoms with Crippen LogP contribution in [0.4, 0.5) is 13.2 Å². The van der Waals surface area contributed by atoms with Crippen molar-refractivity contribution in [2.75, 3.05) is 39.3 Å². The van der Waals surface area contributed by atoms with E-state index >= 15 is 0 Å². The Morgan fingerprint density at radius 1 is 1.00 bits per heavy atom. The van der Waals surface area contributed by atoms with Crippen LogP contribution in [-0.2, 0) is 22.6 Å². The second kappa shape index (κ2) is 16.7. The smallest absolute Gasteiger partial charge is 0.405 e. The molecule has 0 aliphatic carbocycles. The number of alkyl halides is 3. The van der Waals surface area contributed by atoms with Gasteiger partial charge >= 0.3 is 6.18 Å². The van der Waals surface area contributed by atoms with E-state index in [0.29, 0.717) is 35.2 Å². The van der Waals surface area contributed by atoms with E-state index in [1.54, 1.807) is 53.7 Å². The molecular formula is C37H41F3N6O6. The number of oxazole rings is 1. The Morgan fingerprint density at radius 2 is 1.77 bits per heavy atom. The Bertz CT molecular complexity index is 1780. The molecule has 2 aliphatic rings. The zero-order valence-corrected chi connectivity index (χ0v) is 28.3. The minimum Gasteiger partial charge on any atom is -0.490 e. The zero-order valence-electron chi connectivity index (χ0n) is 28.3. The first-order chi connectivity index (χ1) is 25.0. The van der Waals surface area contributed by atoms with Gasteiger partial charge in [-0.2, -0.15) is 13.2 Å². The van der Waals surface area contributed by atoms with Crippen molar-refractivity contribution in [1.82, 2.24) is 30.4 Å². The maximum absolute atomic E-state index is 13.9. The molecule has 4 N–H and O–H groups in total. The Morgan fingerprint density at radius 3 is 2.54 bits per heavy atom. The van der Waals surface area contributed by atoms with Gasteiger partial charge in [0.2, 0.25) is 17.7 Å². The number of carbonyl (C=O) groups excluding carboxylic acids is 2. The highest BCUT2D eigenvalue weighted by Crippen LogP contribution is 2.32. The summed E-state index contributed by atoms with van der Waals surface area (Å²) in [5.74, 6) is -0.581. The standard InChI is InChI=1S/C37H41F3N6O6/c38-37(39,40)23-43-36(50)29-20-45(21-33-42-18-32(52-33)28-11-6-7-13-41-28)14-15-46(29)19-26(47)17-25(16-24-8-2-1-3-9-24)35(49)44-34-27-10-4-5-12-31(27)51-22-30(34)48/h1-13,18,25-26,29-30,34,47-48H,14-17,19-23H2,(H,43,50)(H,44,49)/t25-,26+,29+,30-,34?/m1/s1. The van der Waals surface area contributed by atoms with Gasteiger partial charge in [0.15, 0.2) is 5.76 Å². The van der Waals surface area contributed by atoms with Crippen molar-refractivity contribution in [1.29, 1.82) is 0 Å². The maximum atomic E-state index is 13.9. The Balaban J connectivity index is 1.15. The normalized spacial score (nSPS) is 20.7. The van der Waals surface area contributed by atoms with Gasteiger partial charge in [-0.1, -0.05) is 54.6 Å². The Labute approximate surface area is 298 Å². The van der Waals surface area contributed by atoms with Crippen molar-refractivity contribution in [3.05, 3.63) is 102 Å². The molecule has 0 saturated carbocycles. The summed E-state index contributed by atoms with van der Waals surface area (Å²) in [7, 11) is 0. The van der Waals surface area contributed by atoms with Gasteiger partial charge in [0, 0.05) is 43.9 Å². The summed E-state index contributed by atoms with van der Waals surface area (Å²) < 4.78 is 50.8. The van der Waals surface area contributed by atoms with Crippen molar-refractivity contribution in [2.45, 2.75) is 49.9 Å². The monoisotopic (exact) mass is 722 g/mol. The highest BCUT2D eigenvalue weighted by atomic mass is 19.4. The van der Waals surface area contributed by atoms with Gasteiger partial charge in [0.05, 0.1) is 24.9 Å². The minimum absolute atomic E-state index is 0.000906. The van der Waals surface area contributed by atoms with E-state index < -0.39 is 48.8 Å². The number of nitrogens with one attached hydrogen (secondary N) is 2. The van der Waals surface area contributed by atoms with Gasteiger partial charge in [0.1, 0.15) is 36.7 Å². The molecule has 5 atom stereocenters. The molecule has 1 fully saturated rings. The first kappa shape index (κ1) is 36.9. The number of pyridine rings is 1. The number of amides is 2. The highest BCUT2D eigenvalue weighted by molar-refractivity contribution is 5.82. The lowest BCUT2D eigenvalue weighted by molar-refractivity contribution is -0.143. The van der Waals surface area contributed by atoms with Gasteiger partial charge in [-0.3, -0.25) is 24.4 Å². The molecule has 276 valence electrons. The quantitative estimate of drug-likeness (QED) is 0.162. The summed E-state index contributed by atoms with van der Waals surface area (Å²) in [6.07, 6.45) is -3.28. The molecule has 4 aromatic rings. The summed E-state index contributed by atoms with van der Waals surface area (Å²) in [5, 5.41) is 27.2. The van der Waals surface area contributed by atoms with Crippen LogP contribution < -0.4 is 15.4 Å². The van der Waals surface area contributed by atoms with E-state index in [2.05, 4.69) is 15.3 Å². The number of nitrogens with zero attached hydrogens (tertiary/aromatic N) is 4. The Kier molecular flexibility index (Phi) is 11.8. The van der Waals surface area contributed by atoms with E-state index in [0.717, 1.165) is 5.56 Å². The fourth-order valence-corrected chi connectivity index (χ4v) is 6.64. The summed E-state index contributed by atoms with van der Waals surface area (Å²) in [6.45, 7) is -0.658. The molecule has 0 bridgehead atoms. The fraction of sp³-hybridized carbons (Fsp3) is 0.405. The number of hydrogen-bond donors (Lipinski definition) is 4. The van der Waals surface area contributed by atoms with Crippen LogP contribution in [0.5, 0.6) is 5.75 Å². The molecule has 4 heterocycles. The Hall–Kier alpha value is -4.83. The van der Waals surface area contributed by atoms with Crippen molar-refractivity contribution in [3.63, 3.8) is 0 Å². The summed E-state index contributed by atoms with van der Waals surface area (Å²) in [5.41, 5.74) is 2.09. The SMILES string of the molecule is O=C(NC1c2ccccc2OC[C@H]1O)[C@H](Cc1ccccc1)C[C@H](O)CN1CCN(Cc2ncc(-c3ccccn3)o2)C[C@H]1C(=O)NCC(F)(F)F. The van der Waals surface area contributed by atoms with Crippen LogP contribution in [-0.4, -0.2) is 106 Å². The number of fused-ring (bicyclic) bond motifs is 1. The lowest BCUT2D eigenvalue weighted by Gasteiger charge is -2.41. The third-order valence-corrected chi connectivity index (χ3v) is 9.21. The topological polar surface area (TPSA) is 153 Å². The summed E-state index contributed by atoms with van der Waals surface area (Å²) in [6, 6.07) is 20.0. The van der Waals surface area contributed by atoms with E-state index in [1.807, 2.05) is 46.6 Å². The number of carbonyl (C=O) groups is 2. The molecule has 12 nitrogen and oxygen atoms in total. The number of aromatic nitrogens is 2. The molecule has 2 aromatic heterocycles. The largest absolute Gasteiger partial charge is 0.490 e. The molecule has 2 aliphatic heterocycles. The van der Waals surface area contributed by atoms with E-state index in [4.69, 9.17) is 9.15 Å². The van der Waals surface area contributed by atoms with Crippen molar-refractivity contribution in [3.8, 4) is 17.2 Å². The molecule has 0 radical (unpaired) electrons. The van der Waals surface area contributed by atoms with Crippen LogP contribution in [0.25, 0.3) is 11.5 Å². The molecular weight excluding hydrogens is 681 g/mol. The van der Waals surface area contributed by atoms with Crippen LogP contribution in [0.1, 0.15) is 29.5 Å². The predicted molar refractivity (Wildman–Crippen MR) is 183 cm³/mol. The molecule has 2 amide bonds. The van der Waals surface area contributed by atoms with Crippen molar-refractivity contribution in [2.24, 2.45) is 5.92 Å². The predicted octanol–water partition coefficient (Wildman–Crippen LogP) is 3.12. The summed E-state index contributed by atoms with van der Waals surface area (Å²) >= 11 is 0. The number of piperazine rings is 1. The van der Waals surface area contributed by atoms with Crippen LogP contribution >= 0.6 is 0 Å². The molecule has 0 spiro atoms. The third-order valence-electron chi connectivity index (χ3n) is 9.21. The lowest BCUT2D eigenvalue weighted by atomic mass is 9.90. The second-order valence-electron chi connectivity index (χ2n) is 13.1. The van der Waals surface area contributed by atoms with Gasteiger partial charge in [-0.05, 0) is 36.6 Å². The lowest BCUT2D eigenvalue weighted by Crippen LogP contribution is -2.60. The second-order valence-corrected chi connectivity index (χ2v) is 13.1. The van der Waals surface area contributed by atoms with Crippen LogP contribution in [0, 0.1) is 5.92 Å². The van der Waals surface area contributed by atoms with Crippen LogP contribution in [0.15, 0.2) is 89.6 Å². The first-order valence-electron chi connectivity index (χ1n) is 17.1. The number of benzene rings is 2. The average molecular weight is 723 g/mol. The van der Waals surface area contributed by atoms with E-state index in [1.165, 1.54) is 0 Å². The van der Waals surface area contributed by atoms with Crippen molar-refractivity contribution < 1.29 is 42.1 Å². The van der Waals surface area contributed by atoms with Gasteiger partial charge in [-0.25, -0.2) is 4.98 Å². The molecule has 2 aromatic carbocycles. The zero-order chi connectivity index (χ0) is 36.7. The number of aliphatic hydroxyl groups excluding tert-OH is 2. The number of halogens is 3. The molecule has 1 saturated heterocycles. The van der Waals surface area contributed by atoms with E-state index in [-0.39, 0.29) is 51.5 Å². The third kappa shape index (κ3) is 9.73. The number of aliphatic hydroxyl groups is 2. The molecule has 1 unspecified atom stereocenters. The van der Waals surface area contributed by atoms with Gasteiger partial charge in [-0.15, -0.1) is 0 Å². The first-order valence-corrected chi connectivity index (χ1v) is 17.1. The number of β-amino-alcohol motifs (C(OH)–C–C–N with tert-alkyl or cyclic N) is 1. The fourth-order valence-electron chi connectivity index (χ4n) is 6.64. The van der Waals surface area contributed by atoms with Gasteiger partial charge in [0.25, 0.3) is 0 Å². The summed E-state index contributed by atoms with van der Waals surface area (Å²) in [4.78, 5) is 39.2. The van der Waals surface area contributed by atoms with Crippen molar-refractivity contribution >= 4 is 11.8 Å². The molecule has 15 heteroatoms.